The minimum Gasteiger partial charge on any atom is -0.493 e. The summed E-state index contributed by atoms with van der Waals surface area (Å²) < 4.78 is 21.5. The number of halogens is 1. The van der Waals surface area contributed by atoms with Crippen LogP contribution in [-0.4, -0.2) is 40.6 Å². The lowest BCUT2D eigenvalue weighted by Crippen LogP contribution is -2.44. The second-order valence-electron chi connectivity index (χ2n) is 10.7. The Kier molecular flexibility index (Phi) is 6.56. The molecule has 2 unspecified atom stereocenters. The number of carboxylic acid groups (broad SMARTS) is 1. The van der Waals surface area contributed by atoms with Gasteiger partial charge in [0.2, 0.25) is 0 Å². The lowest BCUT2D eigenvalue weighted by molar-refractivity contribution is -0.141. The van der Waals surface area contributed by atoms with Crippen molar-refractivity contribution in [1.82, 2.24) is 4.90 Å². The summed E-state index contributed by atoms with van der Waals surface area (Å²) in [5.41, 5.74) is 2.07. The number of carboxylic acids is 1. The number of hydrogen-bond acceptors (Lipinski definition) is 3. The first-order chi connectivity index (χ1) is 15.6. The minimum atomic E-state index is -1.04. The van der Waals surface area contributed by atoms with E-state index in [1.165, 1.54) is 16.5 Å². The van der Waals surface area contributed by atoms with Crippen molar-refractivity contribution in [3.8, 4) is 5.75 Å². The van der Waals surface area contributed by atoms with E-state index >= 15 is 4.39 Å². The number of carbonyl (C=O) groups excluding carboxylic acids is 1. The number of allylic oxidation sites excluding steroid dienone is 1. The van der Waals surface area contributed by atoms with Gasteiger partial charge in [-0.3, -0.25) is 4.79 Å². The largest absolute Gasteiger partial charge is 0.493 e. The molecule has 1 aromatic carbocycles. The zero-order valence-electron chi connectivity index (χ0n) is 20.0. The summed E-state index contributed by atoms with van der Waals surface area (Å²) in [6.07, 6.45) is 6.97. The van der Waals surface area contributed by atoms with Gasteiger partial charge in [0.25, 0.3) is 5.91 Å². The molecule has 1 aliphatic heterocycles. The highest BCUT2D eigenvalue weighted by Gasteiger charge is 2.41. The van der Waals surface area contributed by atoms with E-state index in [2.05, 4.69) is 20.4 Å². The molecule has 0 bridgehead atoms. The predicted octanol–water partition coefficient (Wildman–Crippen LogP) is 5.93. The Balaban J connectivity index is 1.60. The predicted molar refractivity (Wildman–Crippen MR) is 125 cm³/mol. The van der Waals surface area contributed by atoms with Crippen molar-refractivity contribution in [3.63, 3.8) is 0 Å². The van der Waals surface area contributed by atoms with Crippen molar-refractivity contribution in [2.24, 2.45) is 11.3 Å². The van der Waals surface area contributed by atoms with Gasteiger partial charge in [-0.1, -0.05) is 26.0 Å². The van der Waals surface area contributed by atoms with E-state index in [4.69, 9.17) is 4.74 Å². The molecule has 1 aromatic rings. The molecule has 3 fully saturated rings. The number of ether oxygens (including phenoxy) is 1. The standard InChI is InChI=1S/C27H36FNO4/c1-5-27(13-16(2)10-17(3)14-27)15-33-24-12-22(28)21(11-20(24)19-7-8-19)25(30)29-18(4)6-9-23(29)26(31)32/h11-12,17-19,23H,2,5-10,13-15H2,1,3-4H3,(H,31,32)/t17?,18-,23+,27?/m1/s1. The molecule has 1 heterocycles. The van der Waals surface area contributed by atoms with Gasteiger partial charge >= 0.3 is 5.97 Å². The third kappa shape index (κ3) is 4.80. The highest BCUT2D eigenvalue weighted by molar-refractivity contribution is 5.98. The highest BCUT2D eigenvalue weighted by atomic mass is 19.1. The van der Waals surface area contributed by atoms with E-state index in [9.17, 15) is 14.7 Å². The molecule has 1 N–H and O–H groups in total. The van der Waals surface area contributed by atoms with E-state index in [0.29, 0.717) is 31.1 Å². The second-order valence-corrected chi connectivity index (χ2v) is 10.7. The van der Waals surface area contributed by atoms with Gasteiger partial charge in [-0.05, 0) is 81.8 Å². The van der Waals surface area contributed by atoms with Gasteiger partial charge in [0.05, 0.1) is 12.2 Å². The Morgan fingerprint density at radius 2 is 1.97 bits per heavy atom. The zero-order chi connectivity index (χ0) is 23.9. The highest BCUT2D eigenvalue weighted by Crippen LogP contribution is 2.48. The van der Waals surface area contributed by atoms with Crippen LogP contribution in [0.25, 0.3) is 0 Å². The maximum atomic E-state index is 15.3. The third-order valence-corrected chi connectivity index (χ3v) is 7.86. The maximum absolute atomic E-state index is 15.3. The topological polar surface area (TPSA) is 66.8 Å². The second kappa shape index (κ2) is 9.11. The van der Waals surface area contributed by atoms with Crippen LogP contribution in [0, 0.1) is 17.2 Å². The first-order valence-electron chi connectivity index (χ1n) is 12.3. The first kappa shape index (κ1) is 23.8. The molecular weight excluding hydrogens is 421 g/mol. The maximum Gasteiger partial charge on any atom is 0.326 e. The molecule has 0 aromatic heterocycles. The van der Waals surface area contributed by atoms with E-state index in [-0.39, 0.29) is 22.9 Å². The molecule has 4 atom stereocenters. The summed E-state index contributed by atoms with van der Waals surface area (Å²) >= 11 is 0. The Morgan fingerprint density at radius 1 is 1.24 bits per heavy atom. The normalized spacial score (nSPS) is 29.9. The van der Waals surface area contributed by atoms with Crippen LogP contribution in [0.15, 0.2) is 24.3 Å². The molecule has 33 heavy (non-hydrogen) atoms. The van der Waals surface area contributed by atoms with E-state index in [1.807, 2.05) is 6.92 Å². The molecule has 0 radical (unpaired) electrons. The summed E-state index contributed by atoms with van der Waals surface area (Å²) in [7, 11) is 0. The third-order valence-electron chi connectivity index (χ3n) is 7.86. The van der Waals surface area contributed by atoms with Gasteiger partial charge in [0.15, 0.2) is 0 Å². The Bertz CT molecular complexity index is 956. The van der Waals surface area contributed by atoms with Crippen LogP contribution >= 0.6 is 0 Å². The monoisotopic (exact) mass is 457 g/mol. The number of benzene rings is 1. The average molecular weight is 458 g/mol. The minimum absolute atomic E-state index is 0.000228. The van der Waals surface area contributed by atoms with Crippen molar-refractivity contribution in [2.75, 3.05) is 6.61 Å². The molecule has 3 aliphatic rings. The summed E-state index contributed by atoms with van der Waals surface area (Å²) in [6, 6.07) is 1.83. The number of rotatable bonds is 7. The van der Waals surface area contributed by atoms with Gasteiger partial charge in [-0.15, -0.1) is 0 Å². The molecule has 1 saturated heterocycles. The van der Waals surface area contributed by atoms with Crippen LogP contribution in [0.5, 0.6) is 5.75 Å². The van der Waals surface area contributed by atoms with Crippen LogP contribution in [0.3, 0.4) is 0 Å². The fourth-order valence-corrected chi connectivity index (χ4v) is 5.97. The number of hydrogen-bond donors (Lipinski definition) is 1. The SMILES string of the molecule is C=C1CC(C)CC(CC)(COc2cc(F)c(C(=O)N3[C@H](C)CC[C@H]3C(=O)O)cc2C2CC2)C1. The average Bonchev–Trinajstić information content (AvgIpc) is 3.52. The van der Waals surface area contributed by atoms with Crippen LogP contribution in [0.4, 0.5) is 4.39 Å². The summed E-state index contributed by atoms with van der Waals surface area (Å²) in [4.78, 5) is 26.2. The Labute approximate surface area is 196 Å². The molecular formula is C27H36FNO4. The van der Waals surface area contributed by atoms with Gasteiger partial charge in [-0.2, -0.15) is 0 Å². The molecule has 0 spiro atoms. The van der Waals surface area contributed by atoms with Crippen LogP contribution in [-0.2, 0) is 4.79 Å². The van der Waals surface area contributed by atoms with Gasteiger partial charge < -0.3 is 14.7 Å². The van der Waals surface area contributed by atoms with E-state index < -0.39 is 23.7 Å². The van der Waals surface area contributed by atoms with Crippen molar-refractivity contribution in [3.05, 3.63) is 41.2 Å². The zero-order valence-corrected chi connectivity index (χ0v) is 20.0. The van der Waals surface area contributed by atoms with Crippen molar-refractivity contribution < 1.29 is 23.8 Å². The van der Waals surface area contributed by atoms with Gasteiger partial charge in [0.1, 0.15) is 17.6 Å². The Morgan fingerprint density at radius 3 is 2.58 bits per heavy atom. The van der Waals surface area contributed by atoms with Crippen LogP contribution in [0.2, 0.25) is 0 Å². The number of aliphatic carboxylic acids is 1. The number of amides is 1. The lowest BCUT2D eigenvalue weighted by Gasteiger charge is -2.40. The van der Waals surface area contributed by atoms with Crippen molar-refractivity contribution in [2.45, 2.75) is 90.1 Å². The van der Waals surface area contributed by atoms with Crippen LogP contribution in [0.1, 0.15) is 94.0 Å². The summed E-state index contributed by atoms with van der Waals surface area (Å²) in [6.45, 7) is 11.0. The molecule has 1 amide bonds. The molecule has 5 nitrogen and oxygen atoms in total. The number of carbonyl (C=O) groups is 2. The molecule has 6 heteroatoms. The van der Waals surface area contributed by atoms with Gasteiger partial charge in [-0.25, -0.2) is 9.18 Å². The molecule has 4 rings (SSSR count). The molecule has 2 saturated carbocycles. The smallest absolute Gasteiger partial charge is 0.326 e. The summed E-state index contributed by atoms with van der Waals surface area (Å²) in [5.74, 6) is -0.887. The quantitative estimate of drug-likeness (QED) is 0.515. The number of likely N-dealkylation sites (tertiary alicyclic amines) is 1. The number of nitrogens with zero attached hydrogens (tertiary/aromatic N) is 1. The van der Waals surface area contributed by atoms with E-state index in [1.54, 1.807) is 6.07 Å². The summed E-state index contributed by atoms with van der Waals surface area (Å²) in [5, 5.41) is 9.53. The first-order valence-corrected chi connectivity index (χ1v) is 12.3. The lowest BCUT2D eigenvalue weighted by atomic mass is 9.67. The van der Waals surface area contributed by atoms with E-state index in [0.717, 1.165) is 44.1 Å². The molecule has 2 aliphatic carbocycles. The fraction of sp³-hybridized carbons (Fsp3) is 0.630. The van der Waals surface area contributed by atoms with Gasteiger partial charge in [0, 0.05) is 17.5 Å². The van der Waals surface area contributed by atoms with Crippen LogP contribution < -0.4 is 4.74 Å². The Hall–Kier alpha value is -2.37. The fourth-order valence-electron chi connectivity index (χ4n) is 5.97. The van der Waals surface area contributed by atoms with Crippen molar-refractivity contribution >= 4 is 11.9 Å². The van der Waals surface area contributed by atoms with Crippen molar-refractivity contribution in [1.29, 1.82) is 0 Å². The molecule has 180 valence electrons.